The zero-order valence-electron chi connectivity index (χ0n) is 9.97. The van der Waals surface area contributed by atoms with Gasteiger partial charge in [0.25, 0.3) is 0 Å². The number of hydrogen-bond donors (Lipinski definition) is 2. The minimum absolute atomic E-state index is 0.0633. The van der Waals surface area contributed by atoms with Crippen LogP contribution in [0.4, 0.5) is 5.69 Å². The molecule has 1 amide bonds. The molecule has 4 heteroatoms. The van der Waals surface area contributed by atoms with Crippen LogP contribution < -0.4 is 11.1 Å². The SMILES string of the molecule is NCCC(=O)Nc1ccc(-c2cccnc2)cc1. The number of anilines is 1. The quantitative estimate of drug-likeness (QED) is 0.860. The number of aromatic nitrogens is 1. The Morgan fingerprint density at radius 1 is 1.17 bits per heavy atom. The zero-order chi connectivity index (χ0) is 12.8. The predicted molar refractivity (Wildman–Crippen MR) is 72.0 cm³/mol. The third-order valence-corrected chi connectivity index (χ3v) is 2.53. The standard InChI is InChI=1S/C14H15N3O/c15-8-7-14(18)17-13-5-3-11(4-6-13)12-2-1-9-16-10-12/h1-6,9-10H,7-8,15H2,(H,17,18). The first-order valence-electron chi connectivity index (χ1n) is 5.80. The number of benzene rings is 1. The summed E-state index contributed by atoms with van der Waals surface area (Å²) in [5, 5.41) is 2.79. The Balaban J connectivity index is 2.09. The number of amides is 1. The van der Waals surface area contributed by atoms with E-state index >= 15 is 0 Å². The molecule has 0 saturated carbocycles. The van der Waals surface area contributed by atoms with E-state index in [0.29, 0.717) is 13.0 Å². The maximum atomic E-state index is 11.4. The normalized spacial score (nSPS) is 10.1. The summed E-state index contributed by atoms with van der Waals surface area (Å²) in [6.07, 6.45) is 3.89. The number of carbonyl (C=O) groups is 1. The van der Waals surface area contributed by atoms with Gasteiger partial charge in [0.05, 0.1) is 0 Å². The lowest BCUT2D eigenvalue weighted by Crippen LogP contribution is -2.15. The molecular formula is C14H15N3O. The van der Waals surface area contributed by atoms with Crippen molar-refractivity contribution in [2.24, 2.45) is 5.73 Å². The molecule has 0 aliphatic rings. The van der Waals surface area contributed by atoms with Crippen molar-refractivity contribution in [3.8, 4) is 11.1 Å². The van der Waals surface area contributed by atoms with E-state index in [-0.39, 0.29) is 5.91 Å². The van der Waals surface area contributed by atoms with Crippen LogP contribution in [-0.2, 0) is 4.79 Å². The summed E-state index contributed by atoms with van der Waals surface area (Å²) >= 11 is 0. The molecule has 0 radical (unpaired) electrons. The van der Waals surface area contributed by atoms with Gasteiger partial charge in [0.15, 0.2) is 0 Å². The van der Waals surface area contributed by atoms with Gasteiger partial charge in [-0.2, -0.15) is 0 Å². The maximum Gasteiger partial charge on any atom is 0.225 e. The fraction of sp³-hybridized carbons (Fsp3) is 0.143. The van der Waals surface area contributed by atoms with Crippen LogP contribution in [0.3, 0.4) is 0 Å². The lowest BCUT2D eigenvalue weighted by atomic mass is 10.1. The van der Waals surface area contributed by atoms with Gasteiger partial charge in [0, 0.05) is 31.0 Å². The molecule has 2 aromatic rings. The number of hydrogen-bond acceptors (Lipinski definition) is 3. The number of nitrogens with two attached hydrogens (primary N) is 1. The molecule has 0 atom stereocenters. The Hall–Kier alpha value is -2.20. The van der Waals surface area contributed by atoms with Crippen LogP contribution in [0.25, 0.3) is 11.1 Å². The molecule has 1 aromatic heterocycles. The molecule has 0 aliphatic carbocycles. The largest absolute Gasteiger partial charge is 0.330 e. The van der Waals surface area contributed by atoms with E-state index in [4.69, 9.17) is 5.73 Å². The van der Waals surface area contributed by atoms with E-state index in [0.717, 1.165) is 16.8 Å². The topological polar surface area (TPSA) is 68.0 Å². The summed E-state index contributed by atoms with van der Waals surface area (Å²) in [6.45, 7) is 0.361. The minimum Gasteiger partial charge on any atom is -0.330 e. The molecule has 1 heterocycles. The van der Waals surface area contributed by atoms with Gasteiger partial charge in [-0.05, 0) is 29.3 Å². The van der Waals surface area contributed by atoms with Crippen molar-refractivity contribution in [1.29, 1.82) is 0 Å². The van der Waals surface area contributed by atoms with Crippen molar-refractivity contribution in [2.45, 2.75) is 6.42 Å². The Labute approximate surface area is 106 Å². The van der Waals surface area contributed by atoms with E-state index in [1.165, 1.54) is 0 Å². The number of rotatable bonds is 4. The van der Waals surface area contributed by atoms with Crippen LogP contribution >= 0.6 is 0 Å². The van der Waals surface area contributed by atoms with Gasteiger partial charge in [-0.15, -0.1) is 0 Å². The molecular weight excluding hydrogens is 226 g/mol. The lowest BCUT2D eigenvalue weighted by Gasteiger charge is -2.06. The molecule has 18 heavy (non-hydrogen) atoms. The average molecular weight is 241 g/mol. The van der Waals surface area contributed by atoms with Gasteiger partial charge in [-0.1, -0.05) is 18.2 Å². The summed E-state index contributed by atoms with van der Waals surface area (Å²) in [7, 11) is 0. The van der Waals surface area contributed by atoms with E-state index < -0.39 is 0 Å². The Morgan fingerprint density at radius 2 is 1.94 bits per heavy atom. The molecule has 0 saturated heterocycles. The smallest absolute Gasteiger partial charge is 0.225 e. The zero-order valence-corrected chi connectivity index (χ0v) is 9.97. The van der Waals surface area contributed by atoms with Gasteiger partial charge in [-0.3, -0.25) is 9.78 Å². The van der Waals surface area contributed by atoms with Gasteiger partial charge in [0.1, 0.15) is 0 Å². The molecule has 3 N–H and O–H groups in total. The Bertz CT molecular complexity index is 508. The second-order valence-corrected chi connectivity index (χ2v) is 3.91. The van der Waals surface area contributed by atoms with Crippen LogP contribution in [-0.4, -0.2) is 17.4 Å². The fourth-order valence-electron chi connectivity index (χ4n) is 1.63. The second-order valence-electron chi connectivity index (χ2n) is 3.91. The van der Waals surface area contributed by atoms with Crippen LogP contribution in [0.5, 0.6) is 0 Å². The average Bonchev–Trinajstić information content (AvgIpc) is 2.41. The number of pyridine rings is 1. The molecule has 0 unspecified atom stereocenters. The van der Waals surface area contributed by atoms with Crippen LogP contribution in [0, 0.1) is 0 Å². The highest BCUT2D eigenvalue weighted by molar-refractivity contribution is 5.91. The molecule has 0 aliphatic heterocycles. The van der Waals surface area contributed by atoms with Crippen LogP contribution in [0.15, 0.2) is 48.8 Å². The summed E-state index contributed by atoms with van der Waals surface area (Å²) < 4.78 is 0. The highest BCUT2D eigenvalue weighted by Crippen LogP contribution is 2.20. The molecule has 2 rings (SSSR count). The number of nitrogens with zero attached hydrogens (tertiary/aromatic N) is 1. The summed E-state index contributed by atoms with van der Waals surface area (Å²) in [6, 6.07) is 11.5. The van der Waals surface area contributed by atoms with Crippen LogP contribution in [0.1, 0.15) is 6.42 Å². The lowest BCUT2D eigenvalue weighted by molar-refractivity contribution is -0.116. The van der Waals surface area contributed by atoms with Crippen molar-refractivity contribution < 1.29 is 4.79 Å². The first-order valence-corrected chi connectivity index (χ1v) is 5.80. The van der Waals surface area contributed by atoms with Crippen molar-refractivity contribution in [3.05, 3.63) is 48.8 Å². The minimum atomic E-state index is -0.0633. The first kappa shape index (κ1) is 12.3. The second kappa shape index (κ2) is 5.93. The van der Waals surface area contributed by atoms with Gasteiger partial charge >= 0.3 is 0 Å². The van der Waals surface area contributed by atoms with Crippen LogP contribution in [0.2, 0.25) is 0 Å². The Morgan fingerprint density at radius 3 is 2.56 bits per heavy atom. The summed E-state index contributed by atoms with van der Waals surface area (Å²) in [4.78, 5) is 15.4. The maximum absolute atomic E-state index is 11.4. The number of nitrogens with one attached hydrogen (secondary N) is 1. The van der Waals surface area contributed by atoms with Crippen molar-refractivity contribution in [3.63, 3.8) is 0 Å². The Kier molecular flexibility index (Phi) is 4.04. The van der Waals surface area contributed by atoms with E-state index in [9.17, 15) is 4.79 Å². The van der Waals surface area contributed by atoms with Gasteiger partial charge < -0.3 is 11.1 Å². The molecule has 92 valence electrons. The molecule has 0 fully saturated rings. The summed E-state index contributed by atoms with van der Waals surface area (Å²) in [5.74, 6) is -0.0633. The van der Waals surface area contributed by atoms with E-state index in [2.05, 4.69) is 10.3 Å². The van der Waals surface area contributed by atoms with E-state index in [1.54, 1.807) is 6.20 Å². The van der Waals surface area contributed by atoms with Crippen molar-refractivity contribution in [1.82, 2.24) is 4.98 Å². The first-order chi connectivity index (χ1) is 8.79. The van der Waals surface area contributed by atoms with Gasteiger partial charge in [0.2, 0.25) is 5.91 Å². The molecule has 0 spiro atoms. The van der Waals surface area contributed by atoms with Crippen molar-refractivity contribution in [2.75, 3.05) is 11.9 Å². The third kappa shape index (κ3) is 3.15. The molecule has 0 bridgehead atoms. The van der Waals surface area contributed by atoms with Gasteiger partial charge in [-0.25, -0.2) is 0 Å². The predicted octanol–water partition coefficient (Wildman–Crippen LogP) is 2.04. The fourth-order valence-corrected chi connectivity index (χ4v) is 1.63. The third-order valence-electron chi connectivity index (χ3n) is 2.53. The van der Waals surface area contributed by atoms with E-state index in [1.807, 2.05) is 42.6 Å². The molecule has 1 aromatic carbocycles. The monoisotopic (exact) mass is 241 g/mol. The number of carbonyl (C=O) groups excluding carboxylic acids is 1. The summed E-state index contributed by atoms with van der Waals surface area (Å²) in [5.41, 5.74) is 8.22. The van der Waals surface area contributed by atoms with Crippen molar-refractivity contribution >= 4 is 11.6 Å². The molecule has 4 nitrogen and oxygen atoms in total. The highest BCUT2D eigenvalue weighted by atomic mass is 16.1. The highest BCUT2D eigenvalue weighted by Gasteiger charge is 2.01.